The van der Waals surface area contributed by atoms with Gasteiger partial charge in [0, 0.05) is 26.5 Å². The van der Waals surface area contributed by atoms with Gasteiger partial charge in [0.05, 0.1) is 0 Å². The Bertz CT molecular complexity index is 188. The van der Waals surface area contributed by atoms with E-state index in [1.807, 2.05) is 36.3 Å². The third-order valence-electron chi connectivity index (χ3n) is 1.54. The average Bonchev–Trinajstić information content (AvgIpc) is 2.00. The summed E-state index contributed by atoms with van der Waals surface area (Å²) in [4.78, 5) is 3.76. The summed E-state index contributed by atoms with van der Waals surface area (Å²) in [6, 6.07) is 0. The van der Waals surface area contributed by atoms with E-state index in [0.717, 1.165) is 5.82 Å². The molecule has 1 aliphatic heterocycles. The van der Waals surface area contributed by atoms with E-state index in [1.165, 1.54) is 0 Å². The number of ether oxygens (including phenoxy) is 1. The fourth-order valence-corrected chi connectivity index (χ4v) is 0.719. The van der Waals surface area contributed by atoms with Crippen LogP contribution in [0.25, 0.3) is 0 Å². The van der Waals surface area contributed by atoms with Crippen LogP contribution in [0.5, 0.6) is 0 Å². The van der Waals surface area contributed by atoms with Crippen molar-refractivity contribution < 1.29 is 4.74 Å². The van der Waals surface area contributed by atoms with E-state index in [0.29, 0.717) is 0 Å². The molecule has 0 spiro atoms. The van der Waals surface area contributed by atoms with E-state index in [2.05, 4.69) is 6.58 Å². The standard InChI is InChI=1S/C8H12N2O/c1-8-9(2)4-6-11-7-5-10(8)3/h4-7H,1H2,2-3H3/b6-4-,7-5-. The molecule has 1 heterocycles. The quantitative estimate of drug-likeness (QED) is 0.520. The van der Waals surface area contributed by atoms with E-state index in [1.54, 1.807) is 12.5 Å². The van der Waals surface area contributed by atoms with Crippen LogP contribution in [-0.2, 0) is 4.74 Å². The van der Waals surface area contributed by atoms with Gasteiger partial charge in [0.2, 0.25) is 0 Å². The average molecular weight is 152 g/mol. The Balaban J connectivity index is 2.75. The van der Waals surface area contributed by atoms with Crippen LogP contribution >= 0.6 is 0 Å². The molecule has 0 saturated heterocycles. The lowest BCUT2D eigenvalue weighted by Gasteiger charge is -2.25. The maximum atomic E-state index is 4.98. The molecule has 0 fully saturated rings. The summed E-state index contributed by atoms with van der Waals surface area (Å²) in [5.74, 6) is 0.904. The minimum atomic E-state index is 0.904. The first-order valence-electron chi connectivity index (χ1n) is 3.35. The van der Waals surface area contributed by atoms with Crippen LogP contribution in [0, 0.1) is 0 Å². The van der Waals surface area contributed by atoms with Gasteiger partial charge >= 0.3 is 0 Å². The molecule has 60 valence electrons. The fraction of sp³-hybridized carbons (Fsp3) is 0.250. The molecule has 1 rings (SSSR count). The highest BCUT2D eigenvalue weighted by atomic mass is 16.5. The van der Waals surface area contributed by atoms with Gasteiger partial charge in [-0.25, -0.2) is 0 Å². The Hall–Kier alpha value is -1.38. The van der Waals surface area contributed by atoms with Crippen LogP contribution in [0.2, 0.25) is 0 Å². The Labute approximate surface area is 66.9 Å². The van der Waals surface area contributed by atoms with Gasteiger partial charge in [-0.1, -0.05) is 6.58 Å². The molecule has 0 radical (unpaired) electrons. The molecule has 0 amide bonds. The molecule has 0 aromatic carbocycles. The minimum absolute atomic E-state index is 0.904. The molecule has 0 atom stereocenters. The van der Waals surface area contributed by atoms with Gasteiger partial charge in [-0.2, -0.15) is 0 Å². The zero-order valence-electron chi connectivity index (χ0n) is 6.82. The molecule has 0 saturated carbocycles. The molecule has 0 bridgehead atoms. The molecule has 0 aromatic rings. The van der Waals surface area contributed by atoms with Crippen molar-refractivity contribution in [3.63, 3.8) is 0 Å². The second-order valence-electron chi connectivity index (χ2n) is 2.34. The van der Waals surface area contributed by atoms with Crippen LogP contribution in [0.1, 0.15) is 0 Å². The number of nitrogens with zero attached hydrogens (tertiary/aromatic N) is 2. The van der Waals surface area contributed by atoms with Crippen molar-refractivity contribution in [3.05, 3.63) is 37.3 Å². The molecule has 0 aromatic heterocycles. The van der Waals surface area contributed by atoms with Crippen molar-refractivity contribution >= 4 is 0 Å². The number of hydrogen-bond donors (Lipinski definition) is 0. The fourth-order valence-electron chi connectivity index (χ4n) is 0.719. The third kappa shape index (κ3) is 1.77. The maximum Gasteiger partial charge on any atom is 0.106 e. The van der Waals surface area contributed by atoms with E-state index < -0.39 is 0 Å². The van der Waals surface area contributed by atoms with Crippen molar-refractivity contribution in [2.75, 3.05) is 14.1 Å². The number of hydrogen-bond acceptors (Lipinski definition) is 3. The largest absolute Gasteiger partial charge is 0.470 e. The highest BCUT2D eigenvalue weighted by Gasteiger charge is 2.02. The van der Waals surface area contributed by atoms with Gasteiger partial charge in [-0.15, -0.1) is 0 Å². The smallest absolute Gasteiger partial charge is 0.106 e. The van der Waals surface area contributed by atoms with Crippen LogP contribution < -0.4 is 0 Å². The van der Waals surface area contributed by atoms with Gasteiger partial charge < -0.3 is 14.5 Å². The van der Waals surface area contributed by atoms with Crippen LogP contribution in [0.3, 0.4) is 0 Å². The normalized spacial score (nSPS) is 23.6. The predicted molar refractivity (Wildman–Crippen MR) is 44.0 cm³/mol. The van der Waals surface area contributed by atoms with Gasteiger partial charge in [-0.05, 0) is 0 Å². The van der Waals surface area contributed by atoms with E-state index in [4.69, 9.17) is 4.74 Å². The molecular weight excluding hydrogens is 140 g/mol. The Kier molecular flexibility index (Phi) is 2.21. The molecule has 11 heavy (non-hydrogen) atoms. The molecule has 3 heteroatoms. The summed E-state index contributed by atoms with van der Waals surface area (Å²) in [6.07, 6.45) is 6.83. The lowest BCUT2D eigenvalue weighted by atomic mass is 10.5. The molecule has 0 N–H and O–H groups in total. The van der Waals surface area contributed by atoms with Crippen molar-refractivity contribution in [1.29, 1.82) is 0 Å². The summed E-state index contributed by atoms with van der Waals surface area (Å²) >= 11 is 0. The lowest BCUT2D eigenvalue weighted by molar-refractivity contribution is 0.328. The molecule has 0 aliphatic carbocycles. The van der Waals surface area contributed by atoms with Crippen molar-refractivity contribution in [2.45, 2.75) is 0 Å². The molecule has 0 unspecified atom stereocenters. The van der Waals surface area contributed by atoms with Crippen LogP contribution in [-0.4, -0.2) is 23.9 Å². The third-order valence-corrected chi connectivity index (χ3v) is 1.54. The zero-order chi connectivity index (χ0) is 8.27. The van der Waals surface area contributed by atoms with E-state index in [-0.39, 0.29) is 0 Å². The lowest BCUT2D eigenvalue weighted by Crippen LogP contribution is -2.22. The van der Waals surface area contributed by atoms with Crippen molar-refractivity contribution in [3.8, 4) is 0 Å². The van der Waals surface area contributed by atoms with Crippen molar-refractivity contribution in [2.24, 2.45) is 0 Å². The first-order chi connectivity index (χ1) is 5.22. The van der Waals surface area contributed by atoms with Crippen LogP contribution in [0.4, 0.5) is 0 Å². The molecular formula is C8H12N2O. The molecule has 3 nitrogen and oxygen atoms in total. The van der Waals surface area contributed by atoms with Crippen LogP contribution in [0.15, 0.2) is 37.3 Å². The first kappa shape index (κ1) is 7.72. The highest BCUT2D eigenvalue weighted by Crippen LogP contribution is 2.07. The first-order valence-corrected chi connectivity index (χ1v) is 3.35. The minimum Gasteiger partial charge on any atom is -0.470 e. The SMILES string of the molecule is C=C1N(C)/C=C\O/C=C\N1C. The Morgan fingerprint density at radius 3 is 2.09 bits per heavy atom. The maximum absolute atomic E-state index is 4.98. The summed E-state index contributed by atoms with van der Waals surface area (Å²) in [7, 11) is 3.83. The number of rotatable bonds is 0. The second kappa shape index (κ2) is 3.14. The predicted octanol–water partition coefficient (Wildman–Crippen LogP) is 1.29. The Morgan fingerprint density at radius 1 is 1.18 bits per heavy atom. The van der Waals surface area contributed by atoms with Gasteiger partial charge in [-0.3, -0.25) is 0 Å². The van der Waals surface area contributed by atoms with E-state index in [9.17, 15) is 0 Å². The summed E-state index contributed by atoms with van der Waals surface area (Å²) in [6.45, 7) is 3.87. The Morgan fingerprint density at radius 2 is 1.64 bits per heavy atom. The second-order valence-corrected chi connectivity index (χ2v) is 2.34. The summed E-state index contributed by atoms with van der Waals surface area (Å²) in [5.41, 5.74) is 0. The summed E-state index contributed by atoms with van der Waals surface area (Å²) < 4.78 is 4.98. The van der Waals surface area contributed by atoms with Gasteiger partial charge in [0.1, 0.15) is 18.3 Å². The van der Waals surface area contributed by atoms with Gasteiger partial charge in [0.15, 0.2) is 0 Å². The highest BCUT2D eigenvalue weighted by molar-refractivity contribution is 5.02. The topological polar surface area (TPSA) is 15.7 Å². The molecule has 1 aliphatic rings. The van der Waals surface area contributed by atoms with E-state index >= 15 is 0 Å². The van der Waals surface area contributed by atoms with Gasteiger partial charge in [0.25, 0.3) is 0 Å². The van der Waals surface area contributed by atoms with Crippen molar-refractivity contribution in [1.82, 2.24) is 9.80 Å². The summed E-state index contributed by atoms with van der Waals surface area (Å²) in [5, 5.41) is 0. The zero-order valence-corrected chi connectivity index (χ0v) is 6.82. The monoisotopic (exact) mass is 152 g/mol.